The summed E-state index contributed by atoms with van der Waals surface area (Å²) in [5.41, 5.74) is 4.09. The van der Waals surface area contributed by atoms with Gasteiger partial charge in [0.05, 0.1) is 0 Å². The molecular weight excluding hydrogens is 813 g/mol. The van der Waals surface area contributed by atoms with Crippen molar-refractivity contribution in [2.45, 2.75) is 100 Å². The molecule has 0 aliphatic rings. The SMILES string of the molecule is CCC(C)(CC)C(=O)/C=C(\O)C(C)(CC)CC.Cc1cc2cc3c(cc2s1)oc1ncnc(-c2[c-]c4ccsc4c(C(C)(C)C)c2)c13.[Ir]. The fourth-order valence-corrected chi connectivity index (χ4v) is 7.87. The van der Waals surface area contributed by atoms with Crippen LogP contribution in [0.1, 0.15) is 98.4 Å². The molecule has 0 saturated heterocycles. The Labute approximate surface area is 306 Å². The largest absolute Gasteiger partial charge is 0.512 e. The zero-order valence-corrected chi connectivity index (χ0v) is 33.8. The summed E-state index contributed by atoms with van der Waals surface area (Å²) in [7, 11) is 0. The molecule has 0 unspecified atom stereocenters. The van der Waals surface area contributed by atoms with Gasteiger partial charge in [-0.15, -0.1) is 34.9 Å². The van der Waals surface area contributed by atoms with Gasteiger partial charge in [0.2, 0.25) is 5.71 Å². The molecule has 6 aromatic rings. The first-order chi connectivity index (χ1) is 22.2. The molecule has 2 aromatic carbocycles. The number of furan rings is 1. The Balaban J connectivity index is 0.000000251. The second-order valence-corrected chi connectivity index (χ2v) is 16.4. The first kappa shape index (κ1) is 37.9. The van der Waals surface area contributed by atoms with E-state index in [4.69, 9.17) is 9.40 Å². The molecule has 0 fully saturated rings. The van der Waals surface area contributed by atoms with Crippen molar-refractivity contribution >= 4 is 70.7 Å². The van der Waals surface area contributed by atoms with Crippen molar-refractivity contribution in [3.05, 3.63) is 70.4 Å². The van der Waals surface area contributed by atoms with E-state index in [0.717, 1.165) is 58.7 Å². The Hall–Kier alpha value is -2.90. The Morgan fingerprint density at radius 1 is 0.958 bits per heavy atom. The average molecular weight is 860 g/mol. The van der Waals surface area contributed by atoms with E-state index < -0.39 is 0 Å². The smallest absolute Gasteiger partial charge is 0.223 e. The van der Waals surface area contributed by atoms with Gasteiger partial charge in [-0.2, -0.15) is 11.3 Å². The number of hydrogen-bond donors (Lipinski definition) is 1. The fourth-order valence-electron chi connectivity index (χ4n) is 5.85. The third-order valence-corrected chi connectivity index (χ3v) is 12.1. The van der Waals surface area contributed by atoms with E-state index in [2.05, 4.69) is 74.5 Å². The van der Waals surface area contributed by atoms with E-state index >= 15 is 0 Å². The summed E-state index contributed by atoms with van der Waals surface area (Å²) in [6.45, 7) is 21.0. The van der Waals surface area contributed by atoms with Gasteiger partial charge in [0, 0.05) is 63.1 Å². The zero-order chi connectivity index (χ0) is 34.3. The summed E-state index contributed by atoms with van der Waals surface area (Å²) in [6, 6.07) is 14.5. The van der Waals surface area contributed by atoms with Crippen LogP contribution in [0.3, 0.4) is 0 Å². The summed E-state index contributed by atoms with van der Waals surface area (Å²) >= 11 is 3.56. The number of aromatic nitrogens is 2. The van der Waals surface area contributed by atoms with E-state index in [-0.39, 0.29) is 47.9 Å². The number of aliphatic hydroxyl groups excluding tert-OH is 1. The molecule has 0 amide bonds. The molecule has 8 heteroatoms. The van der Waals surface area contributed by atoms with Crippen molar-refractivity contribution < 1.29 is 34.4 Å². The Bertz CT molecular complexity index is 2100. The van der Waals surface area contributed by atoms with E-state index in [1.807, 2.05) is 41.5 Å². The quantitative estimate of drug-likeness (QED) is 0.0937. The number of allylic oxidation sites excluding steroid dienone is 2. The maximum absolute atomic E-state index is 12.2. The minimum atomic E-state index is -0.337. The normalized spacial score (nSPS) is 12.8. The molecule has 1 radical (unpaired) electrons. The van der Waals surface area contributed by atoms with E-state index in [0.29, 0.717) is 5.71 Å². The van der Waals surface area contributed by atoms with Crippen LogP contribution < -0.4 is 0 Å². The van der Waals surface area contributed by atoms with Gasteiger partial charge in [-0.1, -0.05) is 73.4 Å². The van der Waals surface area contributed by atoms with E-state index in [9.17, 15) is 9.90 Å². The number of benzene rings is 2. The summed E-state index contributed by atoms with van der Waals surface area (Å²) < 4.78 is 8.67. The Morgan fingerprint density at radius 2 is 1.62 bits per heavy atom. The van der Waals surface area contributed by atoms with Crippen LogP contribution in [0.15, 0.2) is 58.3 Å². The molecule has 0 aliphatic carbocycles. The molecule has 0 bridgehead atoms. The van der Waals surface area contributed by atoms with Crippen molar-refractivity contribution in [3.8, 4) is 11.3 Å². The predicted octanol–water partition coefficient (Wildman–Crippen LogP) is 12.5. The van der Waals surface area contributed by atoms with E-state index in [1.165, 1.54) is 31.3 Å². The number of carbonyl (C=O) groups is 1. The second-order valence-electron chi connectivity index (χ2n) is 14.2. The van der Waals surface area contributed by atoms with Crippen LogP contribution in [-0.4, -0.2) is 20.9 Å². The number of hydrogen-bond acceptors (Lipinski definition) is 7. The second kappa shape index (κ2) is 14.5. The van der Waals surface area contributed by atoms with Gasteiger partial charge in [-0.3, -0.25) is 9.78 Å². The topological polar surface area (TPSA) is 76.2 Å². The molecule has 1 N–H and O–H groups in total. The van der Waals surface area contributed by atoms with Gasteiger partial charge in [0.15, 0.2) is 5.78 Å². The molecule has 5 nitrogen and oxygen atoms in total. The van der Waals surface area contributed by atoms with Gasteiger partial charge in [0.25, 0.3) is 0 Å². The summed E-state index contributed by atoms with van der Waals surface area (Å²) in [6.07, 6.45) is 6.35. The van der Waals surface area contributed by atoms with Crippen LogP contribution in [0.2, 0.25) is 0 Å². The molecule has 6 rings (SSSR count). The molecule has 48 heavy (non-hydrogen) atoms. The minimum absolute atomic E-state index is 0. The monoisotopic (exact) mass is 860 g/mol. The summed E-state index contributed by atoms with van der Waals surface area (Å²) in [5.74, 6) is 0.286. The van der Waals surface area contributed by atoms with Crippen LogP contribution in [0.25, 0.3) is 53.5 Å². The van der Waals surface area contributed by atoms with E-state index in [1.54, 1.807) is 29.0 Å². The number of nitrogens with zero attached hydrogens (tertiary/aromatic N) is 2. The molecule has 0 atom stereocenters. The Kier molecular flexibility index (Phi) is 11.5. The van der Waals surface area contributed by atoms with Crippen LogP contribution in [-0.2, 0) is 30.3 Å². The molecular formula is C40H47IrN2O3S2-. The first-order valence-corrected chi connectivity index (χ1v) is 18.3. The van der Waals surface area contributed by atoms with Gasteiger partial charge in [0.1, 0.15) is 17.7 Å². The molecule has 257 valence electrons. The fraction of sp³-hybridized carbons (Fsp3) is 0.425. The van der Waals surface area contributed by atoms with Gasteiger partial charge < -0.3 is 9.52 Å². The third kappa shape index (κ3) is 7.19. The van der Waals surface area contributed by atoms with Gasteiger partial charge in [-0.05, 0) is 71.7 Å². The van der Waals surface area contributed by atoms with Crippen molar-refractivity contribution in [2.24, 2.45) is 10.8 Å². The van der Waals surface area contributed by atoms with Crippen LogP contribution >= 0.6 is 22.7 Å². The van der Waals surface area contributed by atoms with Crippen molar-refractivity contribution in [3.63, 3.8) is 0 Å². The standard InChI is InChI=1S/C25H19N2OS2.C15H28O2.Ir/c1-13-7-15-9-17-19(11-20(15)30-13)28-24-21(17)22(26-12-27-24)16-8-14-5-6-29-23(14)18(10-16)25(2,3)4;1-7-14(5,8-2)12(16)11-13(17)15(6,9-3)10-4;/h5-7,9-12H,1-4H3;11,16H,7-10H2,1-6H3;/q-1;;/b;12-11-;. The van der Waals surface area contributed by atoms with Crippen molar-refractivity contribution in [1.29, 1.82) is 0 Å². The van der Waals surface area contributed by atoms with Crippen molar-refractivity contribution in [2.75, 3.05) is 0 Å². The maximum atomic E-state index is 12.2. The first-order valence-electron chi connectivity index (χ1n) is 16.6. The van der Waals surface area contributed by atoms with Crippen molar-refractivity contribution in [1.82, 2.24) is 9.97 Å². The zero-order valence-electron chi connectivity index (χ0n) is 29.8. The number of thiophene rings is 2. The third-order valence-electron chi connectivity index (χ3n) is 10.2. The minimum Gasteiger partial charge on any atom is -0.512 e. The van der Waals surface area contributed by atoms with Crippen LogP contribution in [0.4, 0.5) is 0 Å². The summed E-state index contributed by atoms with van der Waals surface area (Å²) in [4.78, 5) is 22.6. The van der Waals surface area contributed by atoms with Crippen LogP contribution in [0, 0.1) is 23.8 Å². The maximum Gasteiger partial charge on any atom is 0.223 e. The number of rotatable bonds is 8. The molecule has 0 aliphatic heterocycles. The van der Waals surface area contributed by atoms with Gasteiger partial charge >= 0.3 is 0 Å². The Morgan fingerprint density at radius 3 is 2.25 bits per heavy atom. The van der Waals surface area contributed by atoms with Crippen LogP contribution in [0.5, 0.6) is 0 Å². The molecule has 4 aromatic heterocycles. The summed E-state index contributed by atoms with van der Waals surface area (Å²) in [5, 5.41) is 16.7. The molecule has 0 spiro atoms. The number of aryl methyl sites for hydroxylation is 1. The predicted molar refractivity (Wildman–Crippen MR) is 201 cm³/mol. The average Bonchev–Trinajstić information content (AvgIpc) is 3.77. The number of ketones is 1. The number of carbonyl (C=O) groups excluding carboxylic acids is 1. The molecule has 0 saturated carbocycles. The number of fused-ring (bicyclic) bond motifs is 5. The number of aliphatic hydroxyl groups is 1. The molecule has 4 heterocycles. The van der Waals surface area contributed by atoms with Gasteiger partial charge in [-0.25, -0.2) is 4.98 Å².